The molecule has 0 radical (unpaired) electrons. The van der Waals surface area contributed by atoms with Gasteiger partial charge < -0.3 is 19.7 Å². The van der Waals surface area contributed by atoms with Gasteiger partial charge in [0.25, 0.3) is 0 Å². The molecule has 32 heavy (non-hydrogen) atoms. The van der Waals surface area contributed by atoms with Gasteiger partial charge in [0.2, 0.25) is 5.91 Å². The maximum Gasteiger partial charge on any atom is 0.338 e. The molecule has 1 aromatic carbocycles. The predicted octanol–water partition coefficient (Wildman–Crippen LogP) is 4.06. The fourth-order valence-electron chi connectivity index (χ4n) is 3.58. The summed E-state index contributed by atoms with van der Waals surface area (Å²) < 4.78 is 10.5. The van der Waals surface area contributed by atoms with Crippen LogP contribution >= 0.6 is 11.8 Å². The molecule has 0 spiro atoms. The van der Waals surface area contributed by atoms with Gasteiger partial charge in [-0.05, 0) is 38.2 Å². The molecule has 2 heterocycles. The molecule has 1 amide bonds. The molecule has 0 fully saturated rings. The molecule has 2 aliphatic heterocycles. The smallest absolute Gasteiger partial charge is 0.338 e. The molecule has 0 aromatic heterocycles. The lowest BCUT2D eigenvalue weighted by Gasteiger charge is -2.36. The second kappa shape index (κ2) is 10.8. The molecule has 2 aliphatic rings. The van der Waals surface area contributed by atoms with E-state index >= 15 is 0 Å². The van der Waals surface area contributed by atoms with E-state index in [9.17, 15) is 9.59 Å². The highest BCUT2D eigenvalue weighted by molar-refractivity contribution is 8.16. The number of ether oxygens (including phenoxy) is 2. The zero-order chi connectivity index (χ0) is 23.3. The molecule has 0 aliphatic carbocycles. The molecule has 2 unspecified atom stereocenters. The Balaban J connectivity index is 1.95. The molecule has 0 saturated carbocycles. The number of fused-ring (bicyclic) bond motifs is 1. The summed E-state index contributed by atoms with van der Waals surface area (Å²) in [5.41, 5.74) is 3.98. The van der Waals surface area contributed by atoms with Crippen molar-refractivity contribution in [3.05, 3.63) is 57.8 Å². The monoisotopic (exact) mass is 457 g/mol. The summed E-state index contributed by atoms with van der Waals surface area (Å²) in [5, 5.41) is 5.72. The number of methoxy groups -OCH3 is 1. The van der Waals surface area contributed by atoms with Crippen molar-refractivity contribution in [2.45, 2.75) is 52.6 Å². The van der Waals surface area contributed by atoms with Crippen molar-refractivity contribution in [2.24, 2.45) is 4.99 Å². The minimum atomic E-state index is -0.423. The first kappa shape index (κ1) is 24.1. The highest BCUT2D eigenvalue weighted by Gasteiger charge is 2.41. The van der Waals surface area contributed by atoms with E-state index in [0.717, 1.165) is 28.4 Å². The van der Waals surface area contributed by atoms with E-state index < -0.39 is 12.0 Å². The van der Waals surface area contributed by atoms with Gasteiger partial charge in [-0.1, -0.05) is 48.5 Å². The molecule has 0 saturated heterocycles. The number of esters is 1. The highest BCUT2D eigenvalue weighted by atomic mass is 32.2. The molecule has 1 N–H and O–H groups in total. The van der Waals surface area contributed by atoms with Gasteiger partial charge >= 0.3 is 5.97 Å². The Morgan fingerprint density at radius 3 is 2.59 bits per heavy atom. The van der Waals surface area contributed by atoms with Crippen LogP contribution in [0, 0.1) is 6.92 Å². The standard InChI is InChI=1S/C24H31N3O4S/c1-6-16(3)25-20(28)13-19-14-32-24-26-17(4)21(23(29)31-12-11-30-5)22(27(19)24)18-9-7-15(2)8-10-18/h7-10,14,16,22H,6,11-13H2,1-5H3,(H,25,28). The fourth-order valence-corrected chi connectivity index (χ4v) is 4.55. The van der Waals surface area contributed by atoms with E-state index in [0.29, 0.717) is 17.9 Å². The number of thioether (sulfide) groups is 1. The second-order valence-electron chi connectivity index (χ2n) is 7.99. The summed E-state index contributed by atoms with van der Waals surface area (Å²) in [7, 11) is 1.56. The van der Waals surface area contributed by atoms with Crippen molar-refractivity contribution < 1.29 is 19.1 Å². The minimum absolute atomic E-state index is 0.0504. The summed E-state index contributed by atoms with van der Waals surface area (Å²) in [6.45, 7) is 8.36. The molecule has 7 nitrogen and oxygen atoms in total. The van der Waals surface area contributed by atoms with E-state index in [1.165, 1.54) is 11.8 Å². The number of nitrogens with zero attached hydrogens (tertiary/aromatic N) is 2. The Kier molecular flexibility index (Phi) is 8.15. The zero-order valence-electron chi connectivity index (χ0n) is 19.3. The Bertz CT molecular complexity index is 952. The topological polar surface area (TPSA) is 80.2 Å². The van der Waals surface area contributed by atoms with Crippen LogP contribution < -0.4 is 5.32 Å². The van der Waals surface area contributed by atoms with Crippen LogP contribution in [0.15, 0.2) is 51.6 Å². The number of carbonyl (C=O) groups excluding carboxylic acids is 2. The SMILES string of the molecule is CCC(C)NC(=O)CC1=CSC2=NC(C)=C(C(=O)OCCOC)C(c3ccc(C)cc3)N12. The number of nitrogens with one attached hydrogen (secondary N) is 1. The number of rotatable bonds is 9. The summed E-state index contributed by atoms with van der Waals surface area (Å²) in [6.07, 6.45) is 1.07. The second-order valence-corrected chi connectivity index (χ2v) is 8.82. The number of aliphatic imine (C=N–C) groups is 1. The Morgan fingerprint density at radius 1 is 1.22 bits per heavy atom. The van der Waals surface area contributed by atoms with Crippen LogP contribution in [-0.2, 0) is 19.1 Å². The number of allylic oxidation sites excluding steroid dienone is 1. The first-order valence-electron chi connectivity index (χ1n) is 10.8. The van der Waals surface area contributed by atoms with Crippen LogP contribution in [0.1, 0.15) is 50.8 Å². The van der Waals surface area contributed by atoms with Gasteiger partial charge in [0.1, 0.15) is 6.61 Å². The Hall–Kier alpha value is -2.58. The third kappa shape index (κ3) is 5.42. The van der Waals surface area contributed by atoms with Crippen LogP contribution in [0.2, 0.25) is 0 Å². The summed E-state index contributed by atoms with van der Waals surface area (Å²) in [4.78, 5) is 32.4. The first-order chi connectivity index (χ1) is 15.3. The van der Waals surface area contributed by atoms with Gasteiger partial charge in [0.05, 0.1) is 30.3 Å². The molecule has 8 heteroatoms. The third-order valence-electron chi connectivity index (χ3n) is 5.50. The largest absolute Gasteiger partial charge is 0.460 e. The minimum Gasteiger partial charge on any atom is -0.460 e. The molecule has 2 atom stereocenters. The van der Waals surface area contributed by atoms with Gasteiger partial charge in [-0.3, -0.25) is 4.79 Å². The lowest BCUT2D eigenvalue weighted by Crippen LogP contribution is -2.39. The Labute approximate surface area is 193 Å². The van der Waals surface area contributed by atoms with Crippen LogP contribution in [0.3, 0.4) is 0 Å². The lowest BCUT2D eigenvalue weighted by atomic mass is 9.93. The van der Waals surface area contributed by atoms with E-state index in [1.807, 2.05) is 62.3 Å². The average molecular weight is 458 g/mol. The van der Waals surface area contributed by atoms with Crippen molar-refractivity contribution in [3.8, 4) is 0 Å². The van der Waals surface area contributed by atoms with Gasteiger partial charge in [-0.25, -0.2) is 9.79 Å². The van der Waals surface area contributed by atoms with Gasteiger partial charge in [-0.15, -0.1) is 0 Å². The lowest BCUT2D eigenvalue weighted by molar-refractivity contribution is -0.141. The molecule has 3 rings (SSSR count). The molecular weight excluding hydrogens is 426 g/mol. The van der Waals surface area contributed by atoms with Gasteiger partial charge in [0, 0.05) is 18.8 Å². The quantitative estimate of drug-likeness (QED) is 0.445. The van der Waals surface area contributed by atoms with Gasteiger partial charge in [-0.2, -0.15) is 0 Å². The number of aryl methyl sites for hydroxylation is 1. The number of amidine groups is 1. The number of carbonyl (C=O) groups is 2. The summed E-state index contributed by atoms with van der Waals surface area (Å²) >= 11 is 1.47. The van der Waals surface area contributed by atoms with Crippen LogP contribution in [0.4, 0.5) is 0 Å². The van der Waals surface area contributed by atoms with Crippen LogP contribution in [0.25, 0.3) is 0 Å². The summed E-state index contributed by atoms with van der Waals surface area (Å²) in [5.74, 6) is -0.473. The van der Waals surface area contributed by atoms with E-state index in [2.05, 4.69) is 10.3 Å². The number of hydrogen-bond acceptors (Lipinski definition) is 7. The highest BCUT2D eigenvalue weighted by Crippen LogP contribution is 2.44. The van der Waals surface area contributed by atoms with Crippen molar-refractivity contribution >= 4 is 28.8 Å². The van der Waals surface area contributed by atoms with Crippen molar-refractivity contribution in [1.29, 1.82) is 0 Å². The number of benzene rings is 1. The van der Waals surface area contributed by atoms with Crippen molar-refractivity contribution in [3.63, 3.8) is 0 Å². The van der Waals surface area contributed by atoms with E-state index in [4.69, 9.17) is 9.47 Å². The van der Waals surface area contributed by atoms with Crippen LogP contribution in [0.5, 0.6) is 0 Å². The first-order valence-corrected chi connectivity index (χ1v) is 11.7. The fraction of sp³-hybridized carbons (Fsp3) is 0.458. The molecule has 172 valence electrons. The zero-order valence-corrected chi connectivity index (χ0v) is 20.1. The third-order valence-corrected chi connectivity index (χ3v) is 6.38. The number of amides is 1. The van der Waals surface area contributed by atoms with E-state index in [-0.39, 0.29) is 25.0 Å². The average Bonchev–Trinajstić information content (AvgIpc) is 3.15. The normalized spacial score (nSPS) is 18.7. The predicted molar refractivity (Wildman–Crippen MR) is 127 cm³/mol. The molecule has 0 bridgehead atoms. The number of hydrogen-bond donors (Lipinski definition) is 1. The Morgan fingerprint density at radius 2 is 1.94 bits per heavy atom. The van der Waals surface area contributed by atoms with Crippen LogP contribution in [-0.4, -0.2) is 48.3 Å². The maximum atomic E-state index is 13.1. The molecule has 1 aromatic rings. The summed E-state index contributed by atoms with van der Waals surface area (Å²) in [6, 6.07) is 7.75. The van der Waals surface area contributed by atoms with E-state index in [1.54, 1.807) is 7.11 Å². The van der Waals surface area contributed by atoms with Gasteiger partial charge in [0.15, 0.2) is 5.17 Å². The van der Waals surface area contributed by atoms with Crippen molar-refractivity contribution in [1.82, 2.24) is 10.2 Å². The van der Waals surface area contributed by atoms with Crippen molar-refractivity contribution in [2.75, 3.05) is 20.3 Å². The molecular formula is C24H31N3O4S. The maximum absolute atomic E-state index is 13.1.